The second-order valence-electron chi connectivity index (χ2n) is 5.12. The van der Waals surface area contributed by atoms with E-state index in [-0.39, 0.29) is 5.91 Å². The number of amides is 1. The Morgan fingerprint density at radius 3 is 2.22 bits per heavy atom. The smallest absolute Gasteiger partial charge is 0.250 e. The number of hydrogen-bond donors (Lipinski definition) is 0. The van der Waals surface area contributed by atoms with Crippen LogP contribution in [0, 0.1) is 0 Å². The molecule has 0 aliphatic carbocycles. The third kappa shape index (κ3) is 4.82. The average molecular weight is 303 g/mol. The summed E-state index contributed by atoms with van der Waals surface area (Å²) in [4.78, 5) is 14.3. The molecule has 0 radical (unpaired) electrons. The van der Waals surface area contributed by atoms with Crippen LogP contribution in [-0.4, -0.2) is 17.4 Å². The van der Waals surface area contributed by atoms with Crippen molar-refractivity contribution in [2.45, 2.75) is 6.42 Å². The zero-order valence-corrected chi connectivity index (χ0v) is 13.2. The molecular weight excluding hydrogens is 282 g/mol. The zero-order valence-electron chi connectivity index (χ0n) is 13.2. The molecule has 2 rings (SSSR count). The number of carbonyl (C=O) groups is 1. The molecule has 0 aliphatic heterocycles. The Morgan fingerprint density at radius 1 is 1.00 bits per heavy atom. The van der Waals surface area contributed by atoms with E-state index in [1.807, 2.05) is 66.7 Å². The number of benzene rings is 2. The van der Waals surface area contributed by atoms with Gasteiger partial charge in [-0.05, 0) is 23.6 Å². The van der Waals surface area contributed by atoms with Crippen LogP contribution in [-0.2, 0) is 4.79 Å². The molecule has 0 unspecified atom stereocenters. The fourth-order valence-electron chi connectivity index (χ4n) is 2.21. The minimum absolute atomic E-state index is 0.0791. The number of hydrogen-bond acceptors (Lipinski definition) is 1. The first-order valence-corrected chi connectivity index (χ1v) is 7.62. The van der Waals surface area contributed by atoms with Gasteiger partial charge in [0.2, 0.25) is 0 Å². The number of nitrogens with zero attached hydrogens (tertiary/aromatic N) is 1. The van der Waals surface area contributed by atoms with E-state index >= 15 is 0 Å². The molecule has 0 bridgehead atoms. The van der Waals surface area contributed by atoms with E-state index in [4.69, 9.17) is 0 Å². The Balaban J connectivity index is 2.17. The molecule has 0 aromatic heterocycles. The Bertz CT molecular complexity index is 686. The van der Waals surface area contributed by atoms with Crippen LogP contribution in [0.4, 0.5) is 0 Å². The van der Waals surface area contributed by atoms with Gasteiger partial charge >= 0.3 is 0 Å². The van der Waals surface area contributed by atoms with Crippen molar-refractivity contribution in [3.8, 4) is 0 Å². The van der Waals surface area contributed by atoms with Crippen molar-refractivity contribution in [2.75, 3.05) is 6.54 Å². The van der Waals surface area contributed by atoms with Gasteiger partial charge in [0.25, 0.3) is 5.91 Å². The van der Waals surface area contributed by atoms with Crippen LogP contribution in [0.25, 0.3) is 11.8 Å². The second-order valence-corrected chi connectivity index (χ2v) is 5.12. The third-order valence-electron chi connectivity index (χ3n) is 3.47. The van der Waals surface area contributed by atoms with Gasteiger partial charge in [-0.3, -0.25) is 4.79 Å². The van der Waals surface area contributed by atoms with Crippen LogP contribution < -0.4 is 0 Å². The van der Waals surface area contributed by atoms with Crippen LogP contribution in [0.2, 0.25) is 0 Å². The van der Waals surface area contributed by atoms with Gasteiger partial charge in [-0.1, -0.05) is 73.3 Å². The summed E-state index contributed by atoms with van der Waals surface area (Å²) in [6.07, 6.45) is 5.93. The summed E-state index contributed by atoms with van der Waals surface area (Å²) < 4.78 is 0. The third-order valence-corrected chi connectivity index (χ3v) is 3.47. The van der Waals surface area contributed by atoms with Gasteiger partial charge in [0.1, 0.15) is 0 Å². The van der Waals surface area contributed by atoms with Gasteiger partial charge in [0.15, 0.2) is 0 Å². The number of carbonyl (C=O) groups excluding carboxylic acids is 1. The lowest BCUT2D eigenvalue weighted by Gasteiger charge is -2.23. The van der Waals surface area contributed by atoms with Gasteiger partial charge in [-0.25, -0.2) is 0 Å². The highest BCUT2D eigenvalue weighted by molar-refractivity contribution is 5.97. The van der Waals surface area contributed by atoms with Gasteiger partial charge in [-0.15, -0.1) is 6.58 Å². The van der Waals surface area contributed by atoms with Crippen molar-refractivity contribution in [1.82, 2.24) is 4.90 Å². The normalized spacial score (nSPS) is 10.4. The molecule has 0 aliphatic rings. The molecule has 0 fully saturated rings. The molecule has 0 N–H and O–H groups in total. The van der Waals surface area contributed by atoms with Crippen molar-refractivity contribution in [1.29, 1.82) is 0 Å². The van der Waals surface area contributed by atoms with Gasteiger partial charge in [-0.2, -0.15) is 0 Å². The van der Waals surface area contributed by atoms with E-state index in [1.165, 1.54) is 0 Å². The summed E-state index contributed by atoms with van der Waals surface area (Å²) in [7, 11) is 0. The highest BCUT2D eigenvalue weighted by Crippen LogP contribution is 2.18. The number of rotatable bonds is 7. The maximum atomic E-state index is 12.6. The molecule has 0 saturated carbocycles. The van der Waals surface area contributed by atoms with E-state index in [2.05, 4.69) is 13.2 Å². The fourth-order valence-corrected chi connectivity index (χ4v) is 2.21. The topological polar surface area (TPSA) is 20.3 Å². The molecule has 0 heterocycles. The van der Waals surface area contributed by atoms with Gasteiger partial charge < -0.3 is 4.90 Å². The van der Waals surface area contributed by atoms with Crippen molar-refractivity contribution in [2.24, 2.45) is 0 Å². The standard InChI is InChI=1S/C21H21NO/c1-3-4-17-22(18(2)20-13-9-6-10-14-20)21(23)16-15-19-11-7-5-8-12-19/h3,5-16H,1-2,4,17H2/b16-15+. The largest absolute Gasteiger partial charge is 0.309 e. The molecule has 2 heteroatoms. The maximum Gasteiger partial charge on any atom is 0.250 e. The Labute approximate surface area is 138 Å². The minimum atomic E-state index is -0.0791. The lowest BCUT2D eigenvalue weighted by molar-refractivity contribution is -0.122. The fraction of sp³-hybridized carbons (Fsp3) is 0.0952. The molecule has 116 valence electrons. The zero-order chi connectivity index (χ0) is 16.5. The summed E-state index contributed by atoms with van der Waals surface area (Å²) in [5, 5.41) is 0. The first kappa shape index (κ1) is 16.5. The summed E-state index contributed by atoms with van der Waals surface area (Å²) in [5.74, 6) is -0.0791. The van der Waals surface area contributed by atoms with E-state index < -0.39 is 0 Å². The lowest BCUT2D eigenvalue weighted by atomic mass is 10.1. The molecular formula is C21H21NO. The van der Waals surface area contributed by atoms with Gasteiger partial charge in [0.05, 0.1) is 0 Å². The molecule has 0 spiro atoms. The van der Waals surface area contributed by atoms with E-state index in [0.717, 1.165) is 17.5 Å². The van der Waals surface area contributed by atoms with E-state index in [9.17, 15) is 4.79 Å². The van der Waals surface area contributed by atoms with Gasteiger partial charge in [0, 0.05) is 18.3 Å². The molecule has 0 saturated heterocycles. The lowest BCUT2D eigenvalue weighted by Crippen LogP contribution is -2.28. The van der Waals surface area contributed by atoms with Crippen LogP contribution >= 0.6 is 0 Å². The first-order chi connectivity index (χ1) is 11.2. The molecule has 0 atom stereocenters. The summed E-state index contributed by atoms with van der Waals surface area (Å²) in [5.41, 5.74) is 2.64. The molecule has 2 aromatic rings. The quantitative estimate of drug-likeness (QED) is 0.532. The molecule has 2 nitrogen and oxygen atoms in total. The summed E-state index contributed by atoms with van der Waals surface area (Å²) in [6.45, 7) is 8.39. The maximum absolute atomic E-state index is 12.6. The van der Waals surface area contributed by atoms with Crippen molar-refractivity contribution in [3.63, 3.8) is 0 Å². The first-order valence-electron chi connectivity index (χ1n) is 7.62. The van der Waals surface area contributed by atoms with Crippen molar-refractivity contribution < 1.29 is 4.79 Å². The summed E-state index contributed by atoms with van der Waals surface area (Å²) >= 11 is 0. The van der Waals surface area contributed by atoms with Crippen LogP contribution in [0.15, 0.2) is 86.0 Å². The van der Waals surface area contributed by atoms with Crippen LogP contribution in [0.3, 0.4) is 0 Å². The predicted octanol–water partition coefficient (Wildman–Crippen LogP) is 4.78. The molecule has 2 aromatic carbocycles. The highest BCUT2D eigenvalue weighted by Gasteiger charge is 2.14. The molecule has 23 heavy (non-hydrogen) atoms. The van der Waals surface area contributed by atoms with Crippen molar-refractivity contribution in [3.05, 3.63) is 97.1 Å². The van der Waals surface area contributed by atoms with E-state index in [1.54, 1.807) is 17.1 Å². The van der Waals surface area contributed by atoms with Crippen molar-refractivity contribution >= 4 is 17.7 Å². The van der Waals surface area contributed by atoms with Crippen LogP contribution in [0.1, 0.15) is 17.5 Å². The minimum Gasteiger partial charge on any atom is -0.309 e. The molecule has 1 amide bonds. The Kier molecular flexibility index (Phi) is 6.13. The second kappa shape index (κ2) is 8.54. The average Bonchev–Trinajstić information content (AvgIpc) is 2.61. The summed E-state index contributed by atoms with van der Waals surface area (Å²) in [6, 6.07) is 19.5. The predicted molar refractivity (Wildman–Crippen MR) is 97.5 cm³/mol. The SMILES string of the molecule is C=CCCN(C(=C)c1ccccc1)C(=O)/C=C/c1ccccc1. The van der Waals surface area contributed by atoms with Crippen LogP contribution in [0.5, 0.6) is 0 Å². The Morgan fingerprint density at radius 2 is 1.61 bits per heavy atom. The van der Waals surface area contributed by atoms with E-state index in [0.29, 0.717) is 12.2 Å². The highest BCUT2D eigenvalue weighted by atomic mass is 16.2. The monoisotopic (exact) mass is 303 g/mol. The Hall–Kier alpha value is -2.87.